The Kier molecular flexibility index (Phi) is 4.37. The molecular formula is C26H19FN2O2. The molecule has 0 aromatic heterocycles. The highest BCUT2D eigenvalue weighted by Crippen LogP contribution is 2.48. The summed E-state index contributed by atoms with van der Waals surface area (Å²) in [6.45, 7) is 2.13. The van der Waals surface area contributed by atoms with Crippen molar-refractivity contribution in [2.75, 3.05) is 11.4 Å². The van der Waals surface area contributed by atoms with Gasteiger partial charge in [-0.1, -0.05) is 42.3 Å². The number of amides is 2. The molecule has 1 heterocycles. The maximum atomic E-state index is 15.6. The molecule has 0 saturated carbocycles. The number of hydrogen-bond acceptors (Lipinski definition) is 2. The van der Waals surface area contributed by atoms with E-state index in [1.165, 1.54) is 6.07 Å². The molecule has 2 N–H and O–H groups in total. The van der Waals surface area contributed by atoms with Crippen molar-refractivity contribution in [1.29, 1.82) is 0 Å². The summed E-state index contributed by atoms with van der Waals surface area (Å²) in [5.74, 6) is 3.84. The van der Waals surface area contributed by atoms with Gasteiger partial charge in [-0.2, -0.15) is 0 Å². The Morgan fingerprint density at radius 2 is 1.81 bits per heavy atom. The number of primary amides is 1. The van der Waals surface area contributed by atoms with Crippen LogP contribution in [0.1, 0.15) is 34.0 Å². The first-order chi connectivity index (χ1) is 15.0. The number of carbonyl (C=O) groups excluding carboxylic acids is 2. The molecular weight excluding hydrogens is 391 g/mol. The number of anilines is 1. The first kappa shape index (κ1) is 19.1. The summed E-state index contributed by atoms with van der Waals surface area (Å²) in [5.41, 5.74) is 12.1. The van der Waals surface area contributed by atoms with Crippen molar-refractivity contribution in [3.8, 4) is 34.1 Å². The molecule has 1 aliphatic carbocycles. The Bertz CT molecular complexity index is 1350. The summed E-state index contributed by atoms with van der Waals surface area (Å²) in [6, 6.07) is 14.6. The Hall–Kier alpha value is -3.91. The zero-order valence-electron chi connectivity index (χ0n) is 17.0. The standard InChI is InChI=1S/C26H19FN2O2/c1-2-6-23(30)29-12-11-17-18(9-5-10-22(17)29)25-21(27)14-20(26(28)31)19-13-15-7-3-4-8-16(15)24(19)25/h3-5,7-10,14H,11-13H2,1H3,(H2,28,31). The van der Waals surface area contributed by atoms with E-state index < -0.39 is 11.7 Å². The molecule has 2 amide bonds. The molecule has 0 fully saturated rings. The van der Waals surface area contributed by atoms with Crippen LogP contribution in [0.2, 0.25) is 0 Å². The van der Waals surface area contributed by atoms with Crippen LogP contribution >= 0.6 is 0 Å². The molecule has 0 saturated heterocycles. The second-order valence-electron chi connectivity index (χ2n) is 7.72. The molecule has 4 nitrogen and oxygen atoms in total. The molecule has 0 unspecified atom stereocenters. The maximum Gasteiger partial charge on any atom is 0.302 e. The highest BCUT2D eigenvalue weighted by molar-refractivity contribution is 6.08. The van der Waals surface area contributed by atoms with E-state index >= 15 is 4.39 Å². The van der Waals surface area contributed by atoms with Crippen molar-refractivity contribution in [3.63, 3.8) is 0 Å². The van der Waals surface area contributed by atoms with Crippen LogP contribution in [-0.2, 0) is 17.6 Å². The number of nitrogens with zero attached hydrogens (tertiary/aromatic N) is 1. The minimum absolute atomic E-state index is 0.218. The van der Waals surface area contributed by atoms with Gasteiger partial charge in [-0.25, -0.2) is 4.39 Å². The third kappa shape index (κ3) is 2.83. The molecule has 0 atom stereocenters. The minimum atomic E-state index is -0.636. The van der Waals surface area contributed by atoms with Crippen molar-refractivity contribution in [3.05, 3.63) is 76.6 Å². The van der Waals surface area contributed by atoms with Crippen LogP contribution in [0.15, 0.2) is 48.5 Å². The topological polar surface area (TPSA) is 63.4 Å². The van der Waals surface area contributed by atoms with Crippen molar-refractivity contribution < 1.29 is 14.0 Å². The number of benzene rings is 3. The molecule has 0 bridgehead atoms. The lowest BCUT2D eigenvalue weighted by Gasteiger charge is -2.18. The number of nitrogens with two attached hydrogens (primary N) is 1. The number of rotatable bonds is 2. The smallest absolute Gasteiger partial charge is 0.302 e. The van der Waals surface area contributed by atoms with Gasteiger partial charge in [-0.3, -0.25) is 9.59 Å². The van der Waals surface area contributed by atoms with Crippen LogP contribution in [0.5, 0.6) is 0 Å². The van der Waals surface area contributed by atoms with Gasteiger partial charge in [0.2, 0.25) is 5.91 Å². The highest BCUT2D eigenvalue weighted by Gasteiger charge is 2.32. The summed E-state index contributed by atoms with van der Waals surface area (Å²) in [5, 5.41) is 0. The quantitative estimate of drug-likeness (QED) is 0.506. The Balaban J connectivity index is 1.78. The van der Waals surface area contributed by atoms with Gasteiger partial charge in [0, 0.05) is 23.4 Å². The van der Waals surface area contributed by atoms with Gasteiger partial charge >= 0.3 is 5.91 Å². The largest absolute Gasteiger partial charge is 0.366 e. The Morgan fingerprint density at radius 1 is 1.03 bits per heavy atom. The van der Waals surface area contributed by atoms with Crippen LogP contribution < -0.4 is 10.6 Å². The number of fused-ring (bicyclic) bond motifs is 4. The molecule has 31 heavy (non-hydrogen) atoms. The van der Waals surface area contributed by atoms with Crippen molar-refractivity contribution >= 4 is 17.5 Å². The normalized spacial score (nSPS) is 13.2. The zero-order valence-corrected chi connectivity index (χ0v) is 17.0. The number of halogens is 1. The Labute approximate surface area is 179 Å². The van der Waals surface area contributed by atoms with Gasteiger partial charge in [0.05, 0.1) is 0 Å². The second kappa shape index (κ2) is 7.10. The highest BCUT2D eigenvalue weighted by atomic mass is 19.1. The predicted molar refractivity (Wildman–Crippen MR) is 118 cm³/mol. The molecule has 3 aromatic rings. The van der Waals surface area contributed by atoms with Gasteiger partial charge in [-0.15, -0.1) is 0 Å². The molecule has 0 spiro atoms. The average Bonchev–Trinajstić information content (AvgIpc) is 3.35. The van der Waals surface area contributed by atoms with Gasteiger partial charge in [0.1, 0.15) is 5.82 Å². The summed E-state index contributed by atoms with van der Waals surface area (Å²) in [7, 11) is 0. The molecule has 5 rings (SSSR count). The molecule has 152 valence electrons. The van der Waals surface area contributed by atoms with Crippen LogP contribution in [0.4, 0.5) is 10.1 Å². The van der Waals surface area contributed by atoms with Crippen LogP contribution in [0, 0.1) is 17.7 Å². The van der Waals surface area contributed by atoms with Crippen molar-refractivity contribution in [2.45, 2.75) is 19.8 Å². The first-order valence-corrected chi connectivity index (χ1v) is 10.1. The lowest BCUT2D eigenvalue weighted by Crippen LogP contribution is -2.27. The lowest BCUT2D eigenvalue weighted by atomic mass is 9.88. The molecule has 5 heteroatoms. The van der Waals surface area contributed by atoms with E-state index in [4.69, 9.17) is 5.73 Å². The van der Waals surface area contributed by atoms with Crippen molar-refractivity contribution in [2.24, 2.45) is 5.73 Å². The first-order valence-electron chi connectivity index (χ1n) is 10.1. The SMILES string of the molecule is CC#CC(=O)N1CCc2c(-c3c(F)cc(C(N)=O)c4c3-c3ccccc3C4)cccc21. The zero-order chi connectivity index (χ0) is 21.7. The molecule has 1 aliphatic heterocycles. The van der Waals surface area contributed by atoms with Gasteiger partial charge in [0.25, 0.3) is 0 Å². The minimum Gasteiger partial charge on any atom is -0.366 e. The average molecular weight is 410 g/mol. The fraction of sp³-hybridized carbons (Fsp3) is 0.154. The van der Waals surface area contributed by atoms with Crippen LogP contribution in [0.3, 0.4) is 0 Å². The van der Waals surface area contributed by atoms with E-state index in [1.807, 2.05) is 42.5 Å². The monoisotopic (exact) mass is 410 g/mol. The van der Waals surface area contributed by atoms with E-state index in [-0.39, 0.29) is 11.5 Å². The van der Waals surface area contributed by atoms with Crippen molar-refractivity contribution in [1.82, 2.24) is 0 Å². The molecule has 3 aromatic carbocycles. The Morgan fingerprint density at radius 3 is 2.58 bits per heavy atom. The summed E-state index contributed by atoms with van der Waals surface area (Å²) < 4.78 is 15.6. The lowest BCUT2D eigenvalue weighted by molar-refractivity contribution is -0.113. The predicted octanol–water partition coefficient (Wildman–Crippen LogP) is 4.08. The fourth-order valence-electron chi connectivity index (χ4n) is 4.82. The second-order valence-corrected chi connectivity index (χ2v) is 7.72. The van der Waals surface area contributed by atoms with E-state index in [9.17, 15) is 9.59 Å². The maximum absolute atomic E-state index is 15.6. The van der Waals surface area contributed by atoms with Gasteiger partial charge in [-0.05, 0) is 71.2 Å². The van der Waals surface area contributed by atoms with E-state index in [0.29, 0.717) is 24.9 Å². The third-order valence-electron chi connectivity index (χ3n) is 6.08. The van der Waals surface area contributed by atoms with Crippen LogP contribution in [-0.4, -0.2) is 18.4 Å². The van der Waals surface area contributed by atoms with E-state index in [1.54, 1.807) is 11.8 Å². The van der Waals surface area contributed by atoms with Gasteiger partial charge in [0.15, 0.2) is 0 Å². The number of carbonyl (C=O) groups is 2. The van der Waals surface area contributed by atoms with Crippen LogP contribution in [0.25, 0.3) is 22.3 Å². The van der Waals surface area contributed by atoms with E-state index in [2.05, 4.69) is 11.8 Å². The molecule has 2 aliphatic rings. The van der Waals surface area contributed by atoms with Gasteiger partial charge < -0.3 is 10.6 Å². The van der Waals surface area contributed by atoms with E-state index in [0.717, 1.165) is 39.1 Å². The summed E-state index contributed by atoms with van der Waals surface area (Å²) in [4.78, 5) is 26.1. The summed E-state index contributed by atoms with van der Waals surface area (Å²) >= 11 is 0. The summed E-state index contributed by atoms with van der Waals surface area (Å²) in [6.07, 6.45) is 1.14. The third-order valence-corrected chi connectivity index (χ3v) is 6.08. The number of hydrogen-bond donors (Lipinski definition) is 1. The fourth-order valence-corrected chi connectivity index (χ4v) is 4.82. The molecule has 0 radical (unpaired) electrons.